The Labute approximate surface area is 107 Å². The predicted molar refractivity (Wildman–Crippen MR) is 69.3 cm³/mol. The van der Waals surface area contributed by atoms with Gasteiger partial charge in [-0.25, -0.2) is 9.97 Å². The van der Waals surface area contributed by atoms with Crippen LogP contribution in [0.3, 0.4) is 0 Å². The molecular formula is C12H20N4O2. The molecule has 0 unspecified atom stereocenters. The van der Waals surface area contributed by atoms with E-state index in [1.54, 1.807) is 12.4 Å². The first-order chi connectivity index (χ1) is 8.54. The summed E-state index contributed by atoms with van der Waals surface area (Å²) in [6, 6.07) is -0.557. The Morgan fingerprint density at radius 1 is 1.39 bits per heavy atom. The summed E-state index contributed by atoms with van der Waals surface area (Å²) in [5.41, 5.74) is 0.864. The van der Waals surface area contributed by atoms with Crippen LogP contribution in [0.25, 0.3) is 0 Å². The summed E-state index contributed by atoms with van der Waals surface area (Å²) in [6.07, 6.45) is 3.38. The molecule has 0 saturated carbocycles. The topological polar surface area (TPSA) is 87.1 Å². The third kappa shape index (κ3) is 4.29. The summed E-state index contributed by atoms with van der Waals surface area (Å²) in [7, 11) is 0. The van der Waals surface area contributed by atoms with Crippen molar-refractivity contribution in [3.63, 3.8) is 0 Å². The standard InChI is InChI=1S/C12H20N4O2/c1-4-13-12-15-6-9(7-16-12)5-14-10(8(2)3)11(17)18/h6-8,10,14H,4-5H2,1-3H3,(H,17,18)(H,13,15,16)/t10-/m1/s1. The van der Waals surface area contributed by atoms with Crippen LogP contribution in [0.2, 0.25) is 0 Å². The van der Waals surface area contributed by atoms with Crippen LogP contribution >= 0.6 is 0 Å². The van der Waals surface area contributed by atoms with Crippen molar-refractivity contribution < 1.29 is 9.90 Å². The first-order valence-electron chi connectivity index (χ1n) is 6.05. The minimum atomic E-state index is -0.838. The van der Waals surface area contributed by atoms with Gasteiger partial charge in [-0.3, -0.25) is 10.1 Å². The number of hydrogen-bond donors (Lipinski definition) is 3. The van der Waals surface area contributed by atoms with E-state index in [0.717, 1.165) is 12.1 Å². The van der Waals surface area contributed by atoms with E-state index >= 15 is 0 Å². The summed E-state index contributed by atoms with van der Waals surface area (Å²) in [5, 5.41) is 15.0. The van der Waals surface area contributed by atoms with E-state index in [1.807, 2.05) is 20.8 Å². The molecule has 0 bridgehead atoms. The highest BCUT2D eigenvalue weighted by Crippen LogP contribution is 2.05. The van der Waals surface area contributed by atoms with Gasteiger partial charge >= 0.3 is 5.97 Å². The summed E-state index contributed by atoms with van der Waals surface area (Å²) in [5.74, 6) is -0.223. The molecule has 0 aliphatic rings. The molecule has 100 valence electrons. The lowest BCUT2D eigenvalue weighted by Crippen LogP contribution is -2.40. The lowest BCUT2D eigenvalue weighted by molar-refractivity contribution is -0.140. The molecule has 1 aromatic rings. The van der Waals surface area contributed by atoms with Gasteiger partial charge in [-0.1, -0.05) is 13.8 Å². The van der Waals surface area contributed by atoms with E-state index in [0.29, 0.717) is 12.5 Å². The Balaban J connectivity index is 2.54. The van der Waals surface area contributed by atoms with Gasteiger partial charge in [0.05, 0.1) is 0 Å². The minimum Gasteiger partial charge on any atom is -0.480 e. The average Bonchev–Trinajstić information content (AvgIpc) is 2.31. The number of aliphatic carboxylic acids is 1. The van der Waals surface area contributed by atoms with Gasteiger partial charge in [0.1, 0.15) is 6.04 Å². The van der Waals surface area contributed by atoms with Crippen LogP contribution in [0.4, 0.5) is 5.95 Å². The molecule has 6 heteroatoms. The van der Waals surface area contributed by atoms with Gasteiger partial charge < -0.3 is 10.4 Å². The Hall–Kier alpha value is -1.69. The van der Waals surface area contributed by atoms with Crippen molar-refractivity contribution in [2.75, 3.05) is 11.9 Å². The number of nitrogens with one attached hydrogen (secondary N) is 2. The Kier molecular flexibility index (Phi) is 5.51. The summed E-state index contributed by atoms with van der Waals surface area (Å²) < 4.78 is 0. The molecule has 0 saturated heterocycles. The van der Waals surface area contributed by atoms with Gasteiger partial charge in [-0.2, -0.15) is 0 Å². The Bertz CT molecular complexity index is 378. The molecule has 0 amide bonds. The Morgan fingerprint density at radius 3 is 2.44 bits per heavy atom. The number of aromatic nitrogens is 2. The van der Waals surface area contributed by atoms with E-state index in [2.05, 4.69) is 20.6 Å². The number of nitrogens with zero attached hydrogens (tertiary/aromatic N) is 2. The SMILES string of the molecule is CCNc1ncc(CN[C@@H](C(=O)O)C(C)C)cn1. The molecule has 0 fully saturated rings. The number of anilines is 1. The molecule has 1 aromatic heterocycles. The van der Waals surface area contributed by atoms with Crippen molar-refractivity contribution >= 4 is 11.9 Å². The van der Waals surface area contributed by atoms with Gasteiger partial charge in [-0.05, 0) is 12.8 Å². The summed E-state index contributed by atoms with van der Waals surface area (Å²) >= 11 is 0. The molecule has 1 rings (SSSR count). The average molecular weight is 252 g/mol. The van der Waals surface area contributed by atoms with E-state index < -0.39 is 12.0 Å². The van der Waals surface area contributed by atoms with Gasteiger partial charge in [0.2, 0.25) is 5.95 Å². The van der Waals surface area contributed by atoms with Crippen molar-refractivity contribution in [2.45, 2.75) is 33.4 Å². The summed E-state index contributed by atoms with van der Waals surface area (Å²) in [6.45, 7) is 6.93. The predicted octanol–water partition coefficient (Wildman–Crippen LogP) is 1.11. The number of carbonyl (C=O) groups is 1. The Morgan fingerprint density at radius 2 is 2.00 bits per heavy atom. The van der Waals surface area contributed by atoms with Crippen LogP contribution < -0.4 is 10.6 Å². The fourth-order valence-electron chi connectivity index (χ4n) is 1.53. The molecule has 0 aliphatic heterocycles. The molecule has 0 aromatic carbocycles. The fraction of sp³-hybridized carbons (Fsp3) is 0.583. The van der Waals surface area contributed by atoms with Crippen LogP contribution in [0.1, 0.15) is 26.3 Å². The van der Waals surface area contributed by atoms with Crippen LogP contribution in [0, 0.1) is 5.92 Å². The normalized spacial score (nSPS) is 12.4. The number of carboxylic acid groups (broad SMARTS) is 1. The maximum absolute atomic E-state index is 11.0. The molecule has 0 aliphatic carbocycles. The molecule has 3 N–H and O–H groups in total. The first-order valence-corrected chi connectivity index (χ1v) is 6.05. The number of hydrogen-bond acceptors (Lipinski definition) is 5. The zero-order valence-corrected chi connectivity index (χ0v) is 11.0. The van der Waals surface area contributed by atoms with Gasteiger partial charge in [-0.15, -0.1) is 0 Å². The highest BCUT2D eigenvalue weighted by atomic mass is 16.4. The third-order valence-electron chi connectivity index (χ3n) is 2.50. The van der Waals surface area contributed by atoms with E-state index in [4.69, 9.17) is 5.11 Å². The highest BCUT2D eigenvalue weighted by Gasteiger charge is 2.20. The van der Waals surface area contributed by atoms with Crippen LogP contribution in [0.15, 0.2) is 12.4 Å². The second-order valence-corrected chi connectivity index (χ2v) is 4.39. The second-order valence-electron chi connectivity index (χ2n) is 4.39. The lowest BCUT2D eigenvalue weighted by Gasteiger charge is -2.17. The minimum absolute atomic E-state index is 0.0319. The largest absolute Gasteiger partial charge is 0.480 e. The van der Waals surface area contributed by atoms with Gasteiger partial charge in [0.25, 0.3) is 0 Å². The van der Waals surface area contributed by atoms with Crippen molar-refractivity contribution in [1.82, 2.24) is 15.3 Å². The molecule has 6 nitrogen and oxygen atoms in total. The van der Waals surface area contributed by atoms with Crippen LogP contribution in [-0.4, -0.2) is 33.6 Å². The monoisotopic (exact) mass is 252 g/mol. The second kappa shape index (κ2) is 6.90. The third-order valence-corrected chi connectivity index (χ3v) is 2.50. The van der Waals surface area contributed by atoms with E-state index in [-0.39, 0.29) is 5.92 Å². The maximum Gasteiger partial charge on any atom is 0.320 e. The molecule has 1 atom stereocenters. The van der Waals surface area contributed by atoms with Gasteiger partial charge in [0, 0.05) is 31.0 Å². The first kappa shape index (κ1) is 14.4. The van der Waals surface area contributed by atoms with Gasteiger partial charge in [0.15, 0.2) is 0 Å². The van der Waals surface area contributed by atoms with E-state index in [1.165, 1.54) is 0 Å². The highest BCUT2D eigenvalue weighted by molar-refractivity contribution is 5.73. The molecular weight excluding hydrogens is 232 g/mol. The van der Waals surface area contributed by atoms with Crippen molar-refractivity contribution in [2.24, 2.45) is 5.92 Å². The van der Waals surface area contributed by atoms with Crippen molar-refractivity contribution in [1.29, 1.82) is 0 Å². The molecule has 1 heterocycles. The lowest BCUT2D eigenvalue weighted by atomic mass is 10.0. The smallest absolute Gasteiger partial charge is 0.320 e. The fourth-order valence-corrected chi connectivity index (χ4v) is 1.53. The zero-order chi connectivity index (χ0) is 13.5. The summed E-state index contributed by atoms with van der Waals surface area (Å²) in [4.78, 5) is 19.3. The van der Waals surface area contributed by atoms with Crippen molar-refractivity contribution in [3.05, 3.63) is 18.0 Å². The maximum atomic E-state index is 11.0. The van der Waals surface area contributed by atoms with Crippen LogP contribution in [-0.2, 0) is 11.3 Å². The van der Waals surface area contributed by atoms with E-state index in [9.17, 15) is 4.79 Å². The molecule has 0 radical (unpaired) electrons. The zero-order valence-electron chi connectivity index (χ0n) is 11.0. The number of carboxylic acids is 1. The van der Waals surface area contributed by atoms with Crippen molar-refractivity contribution in [3.8, 4) is 0 Å². The van der Waals surface area contributed by atoms with Crippen LogP contribution in [0.5, 0.6) is 0 Å². The number of rotatable bonds is 7. The molecule has 18 heavy (non-hydrogen) atoms. The quantitative estimate of drug-likeness (QED) is 0.674. The molecule has 0 spiro atoms.